The van der Waals surface area contributed by atoms with Gasteiger partial charge in [-0.05, 0) is 78.5 Å². The molecule has 0 radical (unpaired) electrons. The maximum atomic E-state index is 14.0. The zero-order valence-corrected chi connectivity index (χ0v) is 22.3. The molecule has 1 aliphatic heterocycles. The molecule has 1 aliphatic carbocycles. The Labute approximate surface area is 225 Å². The number of benzene rings is 2. The number of rotatable bonds is 10. The van der Waals surface area contributed by atoms with E-state index in [1.165, 1.54) is 44.8 Å². The highest BCUT2D eigenvalue weighted by Gasteiger charge is 2.31. The molecule has 2 aromatic carbocycles. The largest absolute Gasteiger partial charge is 0.494 e. The van der Waals surface area contributed by atoms with Crippen molar-refractivity contribution in [1.29, 1.82) is 0 Å². The maximum absolute atomic E-state index is 14.0. The first-order valence-corrected chi connectivity index (χ1v) is 13.4. The number of hydrogen-bond donors (Lipinski definition) is 0. The molecule has 38 heavy (non-hydrogen) atoms. The van der Waals surface area contributed by atoms with Crippen LogP contribution in [0.2, 0.25) is 0 Å². The van der Waals surface area contributed by atoms with Crippen molar-refractivity contribution in [2.45, 2.75) is 57.2 Å². The monoisotopic (exact) mass is 520 g/mol. The number of methoxy groups -OCH3 is 1. The van der Waals surface area contributed by atoms with Crippen LogP contribution >= 0.6 is 0 Å². The molecular weight excluding hydrogens is 482 g/mol. The highest BCUT2D eigenvalue weighted by atomic mass is 19.2. The molecule has 202 valence electrons. The van der Waals surface area contributed by atoms with Crippen molar-refractivity contribution >= 4 is 0 Å². The molecule has 0 spiro atoms. The topological polar surface area (TPSA) is 27.7 Å². The molecule has 1 saturated carbocycles. The molecule has 2 unspecified atom stereocenters. The van der Waals surface area contributed by atoms with Crippen molar-refractivity contribution in [2.75, 3.05) is 13.7 Å². The second-order valence-electron chi connectivity index (χ2n) is 10.3. The summed E-state index contributed by atoms with van der Waals surface area (Å²) in [5.41, 5.74) is 4.47. The number of halogens is 2. The Balaban J connectivity index is 1.27. The Morgan fingerprint density at radius 1 is 0.842 bits per heavy atom. The Hall–Kier alpha value is -3.18. The summed E-state index contributed by atoms with van der Waals surface area (Å²) in [4.78, 5) is 0. The fourth-order valence-electron chi connectivity index (χ4n) is 5.58. The first kappa shape index (κ1) is 27.8. The third kappa shape index (κ3) is 6.82. The predicted molar refractivity (Wildman–Crippen MR) is 149 cm³/mol. The molecule has 1 heterocycles. The Morgan fingerprint density at radius 3 is 1.97 bits per heavy atom. The molecule has 1 saturated heterocycles. The molecular formula is C33H38F2O3. The summed E-state index contributed by atoms with van der Waals surface area (Å²) >= 11 is 0. The van der Waals surface area contributed by atoms with E-state index in [0.29, 0.717) is 11.8 Å². The van der Waals surface area contributed by atoms with Gasteiger partial charge in [0.25, 0.3) is 0 Å². The molecule has 4 rings (SSSR count). The van der Waals surface area contributed by atoms with E-state index in [4.69, 9.17) is 9.47 Å². The normalized spacial score (nSPS) is 24.2. The minimum Gasteiger partial charge on any atom is -0.494 e. The Kier molecular flexibility index (Phi) is 9.57. The smallest absolute Gasteiger partial charge is 0.203 e. The summed E-state index contributed by atoms with van der Waals surface area (Å²) in [5.74, 6) is -1.13. The summed E-state index contributed by atoms with van der Waals surface area (Å²) in [6.45, 7) is 11.6. The van der Waals surface area contributed by atoms with Gasteiger partial charge in [-0.15, -0.1) is 6.58 Å². The Bertz CT molecular complexity index is 1130. The molecule has 2 aliphatic rings. The zero-order valence-electron chi connectivity index (χ0n) is 22.3. The van der Waals surface area contributed by atoms with Crippen molar-refractivity contribution in [1.82, 2.24) is 0 Å². The van der Waals surface area contributed by atoms with E-state index in [1.807, 2.05) is 30.3 Å². The third-order valence-electron chi connectivity index (χ3n) is 8.06. The lowest BCUT2D eigenvalue weighted by molar-refractivity contribution is -0.0147. The summed E-state index contributed by atoms with van der Waals surface area (Å²) in [6, 6.07) is 16.7. The highest BCUT2D eigenvalue weighted by molar-refractivity contribution is 5.64. The number of ether oxygens (including phenoxy) is 3. The molecule has 2 fully saturated rings. The molecule has 0 aromatic heterocycles. The van der Waals surface area contributed by atoms with E-state index in [9.17, 15) is 8.78 Å². The van der Waals surface area contributed by atoms with Crippen LogP contribution in [0.25, 0.3) is 11.1 Å². The second kappa shape index (κ2) is 13.1. The average Bonchev–Trinajstić information content (AvgIpc) is 2.99. The van der Waals surface area contributed by atoms with E-state index < -0.39 is 23.2 Å². The zero-order chi connectivity index (χ0) is 27.1. The minimum absolute atomic E-state index is 0.0721. The van der Waals surface area contributed by atoms with Gasteiger partial charge >= 0.3 is 0 Å². The molecule has 3 nitrogen and oxygen atoms in total. The number of allylic oxidation sites excluding steroid dienone is 2. The fourth-order valence-corrected chi connectivity index (χ4v) is 5.58. The lowest BCUT2D eigenvalue weighted by Crippen LogP contribution is -2.31. The van der Waals surface area contributed by atoms with Gasteiger partial charge in [0.15, 0.2) is 11.5 Å². The van der Waals surface area contributed by atoms with Crippen LogP contribution in [0.4, 0.5) is 8.78 Å². The molecule has 2 aromatic rings. The van der Waals surface area contributed by atoms with E-state index in [2.05, 4.69) is 48.7 Å². The first-order chi connectivity index (χ1) is 18.4. The van der Waals surface area contributed by atoms with Gasteiger partial charge in [-0.3, -0.25) is 0 Å². The van der Waals surface area contributed by atoms with Crippen LogP contribution in [0.15, 0.2) is 97.5 Å². The summed E-state index contributed by atoms with van der Waals surface area (Å²) in [7, 11) is 1.21. The fraction of sp³-hybridized carbons (Fsp3) is 0.394. The lowest BCUT2D eigenvalue weighted by Gasteiger charge is -2.37. The van der Waals surface area contributed by atoms with Gasteiger partial charge in [-0.25, -0.2) is 0 Å². The minimum atomic E-state index is -1.22. The third-order valence-corrected chi connectivity index (χ3v) is 8.06. The average molecular weight is 521 g/mol. The Morgan fingerprint density at radius 2 is 1.42 bits per heavy atom. The van der Waals surface area contributed by atoms with Crippen molar-refractivity contribution < 1.29 is 23.0 Å². The van der Waals surface area contributed by atoms with Crippen LogP contribution in [-0.4, -0.2) is 19.8 Å². The standard InChI is InChI=1S/C33H38F2O3/c1-5-31-19-18-30(21-38-31)29-16-14-28(15-17-29)27-12-10-26(11-13-27)25-8-6-24(7-9-25)20-37-23(3)33(35)32(34)22(2)36-4/h5-13,28-31H,1-3,14-21H2,4H3/b33-32-. The van der Waals surface area contributed by atoms with Crippen LogP contribution in [0, 0.1) is 11.8 Å². The van der Waals surface area contributed by atoms with Gasteiger partial charge in [0, 0.05) is 0 Å². The summed E-state index contributed by atoms with van der Waals surface area (Å²) in [5, 5.41) is 0. The van der Waals surface area contributed by atoms with E-state index in [1.54, 1.807) is 0 Å². The molecule has 0 amide bonds. The van der Waals surface area contributed by atoms with Gasteiger partial charge in [-0.2, -0.15) is 8.78 Å². The van der Waals surface area contributed by atoms with E-state index in [-0.39, 0.29) is 12.7 Å². The lowest BCUT2D eigenvalue weighted by atomic mass is 9.72. The molecule has 0 bridgehead atoms. The SMILES string of the molecule is C=CC1CCC(C2CCC(c3ccc(-c4ccc(COC(=C)/C(F)=C(/F)C(=C)OC)cc4)cc3)CC2)CO1. The highest BCUT2D eigenvalue weighted by Crippen LogP contribution is 2.41. The van der Waals surface area contributed by atoms with Crippen LogP contribution in [0.5, 0.6) is 0 Å². The first-order valence-electron chi connectivity index (χ1n) is 13.4. The van der Waals surface area contributed by atoms with Gasteiger partial charge in [0.1, 0.15) is 6.61 Å². The summed E-state index contributed by atoms with van der Waals surface area (Å²) < 4.78 is 43.7. The van der Waals surface area contributed by atoms with Crippen LogP contribution in [0.1, 0.15) is 55.6 Å². The van der Waals surface area contributed by atoms with Gasteiger partial charge in [0.2, 0.25) is 11.7 Å². The van der Waals surface area contributed by atoms with E-state index >= 15 is 0 Å². The number of hydrogen-bond acceptors (Lipinski definition) is 3. The molecule has 0 N–H and O–H groups in total. The second-order valence-corrected chi connectivity index (χ2v) is 10.3. The van der Waals surface area contributed by atoms with Crippen molar-refractivity contribution in [3.63, 3.8) is 0 Å². The quantitative estimate of drug-likeness (QED) is 0.178. The van der Waals surface area contributed by atoms with E-state index in [0.717, 1.165) is 35.6 Å². The maximum Gasteiger partial charge on any atom is 0.203 e. The van der Waals surface area contributed by atoms with Gasteiger partial charge in [-0.1, -0.05) is 67.8 Å². The molecule has 5 heteroatoms. The predicted octanol–water partition coefficient (Wildman–Crippen LogP) is 8.95. The summed E-state index contributed by atoms with van der Waals surface area (Å²) in [6.07, 6.45) is 9.60. The van der Waals surface area contributed by atoms with Crippen molar-refractivity contribution in [3.8, 4) is 11.1 Å². The molecule has 2 atom stereocenters. The van der Waals surface area contributed by atoms with Crippen molar-refractivity contribution in [2.24, 2.45) is 11.8 Å². The van der Waals surface area contributed by atoms with Crippen molar-refractivity contribution in [3.05, 3.63) is 109 Å². The van der Waals surface area contributed by atoms with Crippen LogP contribution in [-0.2, 0) is 20.8 Å². The van der Waals surface area contributed by atoms with Crippen LogP contribution in [0.3, 0.4) is 0 Å². The van der Waals surface area contributed by atoms with Gasteiger partial charge in [0.05, 0.1) is 19.8 Å². The van der Waals surface area contributed by atoms with Crippen LogP contribution < -0.4 is 0 Å². The van der Waals surface area contributed by atoms with Gasteiger partial charge < -0.3 is 14.2 Å².